The number of hydrogen-bond donors (Lipinski definition) is 2. The summed E-state index contributed by atoms with van der Waals surface area (Å²) < 4.78 is 28.7. The summed E-state index contributed by atoms with van der Waals surface area (Å²) in [5.74, 6) is 0.947. The van der Waals surface area contributed by atoms with Gasteiger partial charge in [-0.25, -0.2) is 22.9 Å². The van der Waals surface area contributed by atoms with E-state index in [-0.39, 0.29) is 18.3 Å². The van der Waals surface area contributed by atoms with Gasteiger partial charge in [-0.05, 0) is 51.4 Å². The summed E-state index contributed by atoms with van der Waals surface area (Å²) in [5.41, 5.74) is 1.11. The molecular formula is C24H41N7O3S. The molecule has 1 aromatic carbocycles. The van der Waals surface area contributed by atoms with E-state index in [1.165, 1.54) is 4.90 Å². The van der Waals surface area contributed by atoms with Crippen molar-refractivity contribution in [2.75, 3.05) is 46.0 Å². The number of aromatic amines is 1. The Bertz CT molecular complexity index is 992. The molecule has 2 amide bonds. The van der Waals surface area contributed by atoms with Gasteiger partial charge in [0.1, 0.15) is 5.82 Å². The molecule has 0 saturated carbocycles. The lowest BCUT2D eigenvalue weighted by Gasteiger charge is -2.23. The zero-order chi connectivity index (χ0) is 25.8. The number of H-pyrrole nitrogens is 1. The van der Waals surface area contributed by atoms with Crippen molar-refractivity contribution in [1.29, 1.82) is 0 Å². The number of sulfonamides is 1. The van der Waals surface area contributed by atoms with E-state index in [1.807, 2.05) is 37.3 Å². The van der Waals surface area contributed by atoms with Crippen molar-refractivity contribution in [2.24, 2.45) is 0 Å². The molecule has 0 aliphatic carbocycles. The van der Waals surface area contributed by atoms with E-state index in [0.29, 0.717) is 37.5 Å². The highest BCUT2D eigenvalue weighted by Gasteiger charge is 2.24. The Kier molecular flexibility index (Phi) is 11.6. The third kappa shape index (κ3) is 9.58. The summed E-state index contributed by atoms with van der Waals surface area (Å²) in [4.78, 5) is 22.3. The summed E-state index contributed by atoms with van der Waals surface area (Å²) in [5, 5.41) is 7.20. The molecule has 196 valence electrons. The first-order valence-corrected chi connectivity index (χ1v) is 14.0. The number of aryl methyl sites for hydroxylation is 1. The first-order valence-electron chi connectivity index (χ1n) is 12.3. The van der Waals surface area contributed by atoms with E-state index < -0.39 is 16.1 Å². The first kappa shape index (κ1) is 28.7. The van der Waals surface area contributed by atoms with Crippen molar-refractivity contribution in [1.82, 2.24) is 34.6 Å². The van der Waals surface area contributed by atoms with Crippen LogP contribution in [-0.4, -0.2) is 90.4 Å². The second kappa shape index (κ2) is 14.2. The van der Waals surface area contributed by atoms with Crippen LogP contribution >= 0.6 is 0 Å². The smallest absolute Gasteiger partial charge is 0.319 e. The molecule has 0 radical (unpaired) electrons. The Morgan fingerprint density at radius 3 is 2.37 bits per heavy atom. The lowest BCUT2D eigenvalue weighted by atomic mass is 10.1. The van der Waals surface area contributed by atoms with E-state index >= 15 is 0 Å². The fraction of sp³-hybridized carbons (Fsp3) is 0.625. The molecule has 0 saturated heterocycles. The van der Waals surface area contributed by atoms with Gasteiger partial charge in [0.25, 0.3) is 0 Å². The SMILES string of the molecule is CCN(CC)CCCS(=O)(=O)N[C@H](CCc1ccccc1)c1n[nH]c(CN(CC)C(=O)N(C)C)n1. The van der Waals surface area contributed by atoms with Crippen molar-refractivity contribution >= 4 is 16.1 Å². The molecule has 0 bridgehead atoms. The topological polar surface area (TPSA) is 115 Å². The minimum Gasteiger partial charge on any atom is -0.331 e. The summed E-state index contributed by atoms with van der Waals surface area (Å²) in [6.45, 7) is 9.36. The Morgan fingerprint density at radius 1 is 1.09 bits per heavy atom. The molecule has 2 aromatic rings. The number of rotatable bonds is 15. The molecule has 2 rings (SSSR count). The van der Waals surface area contributed by atoms with Crippen LogP contribution in [0.15, 0.2) is 30.3 Å². The fourth-order valence-corrected chi connectivity index (χ4v) is 5.09. The highest BCUT2D eigenvalue weighted by Crippen LogP contribution is 2.18. The van der Waals surface area contributed by atoms with Gasteiger partial charge in [0.2, 0.25) is 10.0 Å². The second-order valence-electron chi connectivity index (χ2n) is 8.73. The Morgan fingerprint density at radius 2 is 1.77 bits per heavy atom. The van der Waals surface area contributed by atoms with Crippen LogP contribution in [0.3, 0.4) is 0 Å². The summed E-state index contributed by atoms with van der Waals surface area (Å²) in [6, 6.07) is 9.23. The normalized spacial score (nSPS) is 12.6. The third-order valence-electron chi connectivity index (χ3n) is 5.90. The maximum atomic E-state index is 12.9. The van der Waals surface area contributed by atoms with Crippen molar-refractivity contribution in [3.8, 4) is 0 Å². The maximum Gasteiger partial charge on any atom is 0.319 e. The lowest BCUT2D eigenvalue weighted by molar-refractivity contribution is 0.170. The zero-order valence-corrected chi connectivity index (χ0v) is 22.5. The number of amides is 2. The van der Waals surface area contributed by atoms with Crippen molar-refractivity contribution < 1.29 is 13.2 Å². The van der Waals surface area contributed by atoms with E-state index in [4.69, 9.17) is 0 Å². The maximum absolute atomic E-state index is 12.9. The van der Waals surface area contributed by atoms with Crippen LogP contribution in [0.2, 0.25) is 0 Å². The molecule has 1 heterocycles. The number of benzene rings is 1. The van der Waals surface area contributed by atoms with Crippen LogP contribution in [0.25, 0.3) is 0 Å². The number of aromatic nitrogens is 3. The van der Waals surface area contributed by atoms with Gasteiger partial charge in [-0.15, -0.1) is 0 Å². The van der Waals surface area contributed by atoms with Gasteiger partial charge in [0.05, 0.1) is 18.3 Å². The number of hydrogen-bond acceptors (Lipinski definition) is 6. The third-order valence-corrected chi connectivity index (χ3v) is 7.37. The molecule has 0 aliphatic heterocycles. The zero-order valence-electron chi connectivity index (χ0n) is 21.7. The molecule has 35 heavy (non-hydrogen) atoms. The summed E-state index contributed by atoms with van der Waals surface area (Å²) in [7, 11) is -0.131. The first-order chi connectivity index (χ1) is 16.7. The largest absolute Gasteiger partial charge is 0.331 e. The number of urea groups is 1. The van der Waals surface area contributed by atoms with Gasteiger partial charge < -0.3 is 14.7 Å². The molecule has 1 atom stereocenters. The monoisotopic (exact) mass is 507 g/mol. The quantitative estimate of drug-likeness (QED) is 0.383. The van der Waals surface area contributed by atoms with Gasteiger partial charge in [-0.3, -0.25) is 5.10 Å². The van der Waals surface area contributed by atoms with Gasteiger partial charge >= 0.3 is 6.03 Å². The molecule has 0 aliphatic rings. The second-order valence-corrected chi connectivity index (χ2v) is 10.6. The number of nitrogens with one attached hydrogen (secondary N) is 2. The molecule has 2 N–H and O–H groups in total. The van der Waals surface area contributed by atoms with Crippen molar-refractivity contribution in [3.05, 3.63) is 47.5 Å². The summed E-state index contributed by atoms with van der Waals surface area (Å²) in [6.07, 6.45) is 1.75. The van der Waals surface area contributed by atoms with Crippen LogP contribution in [0.5, 0.6) is 0 Å². The Balaban J connectivity index is 2.14. The predicted octanol–water partition coefficient (Wildman–Crippen LogP) is 2.63. The standard InChI is InChI=1S/C24H41N7O3S/c1-6-30(7-2)17-12-18-35(33,34)28-21(16-15-20-13-10-9-11-14-20)23-25-22(26-27-23)19-31(8-3)24(32)29(4)5/h9-11,13-14,21,28H,6-8,12,15-19H2,1-5H3,(H,25,26,27)/t21-/m1/s1. The molecule has 0 spiro atoms. The average Bonchev–Trinajstić information content (AvgIpc) is 3.31. The van der Waals surface area contributed by atoms with E-state index in [9.17, 15) is 13.2 Å². The molecule has 0 fully saturated rings. The number of carbonyl (C=O) groups is 1. The minimum absolute atomic E-state index is 0.0452. The molecule has 0 unspecified atom stereocenters. The summed E-state index contributed by atoms with van der Waals surface area (Å²) >= 11 is 0. The van der Waals surface area contributed by atoms with Crippen LogP contribution < -0.4 is 4.72 Å². The highest BCUT2D eigenvalue weighted by molar-refractivity contribution is 7.89. The van der Waals surface area contributed by atoms with Crippen LogP contribution in [0, 0.1) is 0 Å². The fourth-order valence-electron chi connectivity index (χ4n) is 3.81. The molecule has 11 heteroatoms. The van der Waals surface area contributed by atoms with Gasteiger partial charge in [0.15, 0.2) is 5.82 Å². The Labute approximate surface area is 210 Å². The van der Waals surface area contributed by atoms with Gasteiger partial charge in [-0.1, -0.05) is 44.2 Å². The predicted molar refractivity (Wildman–Crippen MR) is 138 cm³/mol. The van der Waals surface area contributed by atoms with E-state index in [0.717, 1.165) is 25.2 Å². The average molecular weight is 508 g/mol. The van der Waals surface area contributed by atoms with E-state index in [2.05, 4.69) is 38.7 Å². The lowest BCUT2D eigenvalue weighted by Crippen LogP contribution is -2.38. The Hall–Kier alpha value is -2.50. The van der Waals surface area contributed by atoms with Crippen LogP contribution in [0.1, 0.15) is 56.9 Å². The van der Waals surface area contributed by atoms with Crippen molar-refractivity contribution in [2.45, 2.75) is 52.6 Å². The van der Waals surface area contributed by atoms with Crippen molar-refractivity contribution in [3.63, 3.8) is 0 Å². The van der Waals surface area contributed by atoms with Gasteiger partial charge in [0, 0.05) is 20.6 Å². The van der Waals surface area contributed by atoms with Gasteiger partial charge in [-0.2, -0.15) is 5.10 Å². The van der Waals surface area contributed by atoms with Crippen LogP contribution in [0.4, 0.5) is 4.79 Å². The molecule has 1 aromatic heterocycles. The van der Waals surface area contributed by atoms with E-state index in [1.54, 1.807) is 19.0 Å². The molecule has 10 nitrogen and oxygen atoms in total. The highest BCUT2D eigenvalue weighted by atomic mass is 32.2. The van der Waals surface area contributed by atoms with Crippen LogP contribution in [-0.2, 0) is 23.0 Å². The number of nitrogens with zero attached hydrogens (tertiary/aromatic N) is 5. The number of carbonyl (C=O) groups excluding carboxylic acids is 1. The molecular weight excluding hydrogens is 466 g/mol. The minimum atomic E-state index is -3.53.